The van der Waals surface area contributed by atoms with Crippen molar-refractivity contribution in [1.29, 1.82) is 0 Å². The van der Waals surface area contributed by atoms with Gasteiger partial charge in [-0.3, -0.25) is 4.98 Å². The van der Waals surface area contributed by atoms with Crippen LogP contribution in [0.25, 0.3) is 11.3 Å². The highest BCUT2D eigenvalue weighted by atomic mass is 35.5. The van der Waals surface area contributed by atoms with Crippen LogP contribution in [0.2, 0.25) is 5.02 Å². The molecule has 0 aliphatic heterocycles. The Labute approximate surface area is 171 Å². The van der Waals surface area contributed by atoms with Crippen LogP contribution >= 0.6 is 22.9 Å². The molecule has 0 fully saturated rings. The third kappa shape index (κ3) is 4.38. The molecule has 0 bridgehead atoms. The van der Waals surface area contributed by atoms with Crippen molar-refractivity contribution in [3.63, 3.8) is 0 Å². The second-order valence-corrected chi connectivity index (χ2v) is 7.53. The lowest BCUT2D eigenvalue weighted by Crippen LogP contribution is -2.17. The topological polar surface area (TPSA) is 30.2 Å². The summed E-state index contributed by atoms with van der Waals surface area (Å²) in [5.41, 5.74) is 3.97. The Bertz CT molecular complexity index is 1120. The molecule has 0 saturated carbocycles. The average molecular weight is 410 g/mol. The van der Waals surface area contributed by atoms with Gasteiger partial charge in [-0.2, -0.15) is 0 Å². The highest BCUT2D eigenvalue weighted by molar-refractivity contribution is 7.07. The number of benzene rings is 2. The van der Waals surface area contributed by atoms with Crippen molar-refractivity contribution in [2.75, 3.05) is 0 Å². The van der Waals surface area contributed by atoms with Crippen LogP contribution in [0, 0.1) is 5.82 Å². The van der Waals surface area contributed by atoms with Crippen LogP contribution in [0.4, 0.5) is 10.1 Å². The van der Waals surface area contributed by atoms with Crippen LogP contribution in [0.5, 0.6) is 0 Å². The van der Waals surface area contributed by atoms with Crippen LogP contribution in [0.1, 0.15) is 5.56 Å². The largest absolute Gasteiger partial charge is 0.316 e. The van der Waals surface area contributed by atoms with Crippen LogP contribution in [-0.4, -0.2) is 9.55 Å². The highest BCUT2D eigenvalue weighted by Crippen LogP contribution is 2.22. The van der Waals surface area contributed by atoms with Gasteiger partial charge in [-0.05, 0) is 66.1 Å². The zero-order chi connectivity index (χ0) is 19.3. The Balaban J connectivity index is 1.73. The zero-order valence-corrected chi connectivity index (χ0v) is 16.5. The summed E-state index contributed by atoms with van der Waals surface area (Å²) in [6.45, 7) is 0.747. The number of hydrogen-bond donors (Lipinski definition) is 0. The van der Waals surface area contributed by atoms with Gasteiger partial charge in [-0.15, -0.1) is 11.3 Å². The van der Waals surface area contributed by atoms with Gasteiger partial charge in [-0.1, -0.05) is 23.7 Å². The molecule has 4 aromatic rings. The summed E-state index contributed by atoms with van der Waals surface area (Å²) in [5.74, 6) is -0.244. The van der Waals surface area contributed by atoms with Crippen molar-refractivity contribution < 1.29 is 4.39 Å². The molecular weight excluding hydrogens is 393 g/mol. The predicted molar refractivity (Wildman–Crippen MR) is 112 cm³/mol. The van der Waals surface area contributed by atoms with Crippen LogP contribution in [-0.2, 0) is 13.0 Å². The summed E-state index contributed by atoms with van der Waals surface area (Å²) in [7, 11) is 0. The predicted octanol–water partition coefficient (Wildman–Crippen LogP) is 5.88. The van der Waals surface area contributed by atoms with E-state index >= 15 is 0 Å². The normalized spacial score (nSPS) is 11.7. The molecule has 4 rings (SSSR count). The van der Waals surface area contributed by atoms with E-state index in [9.17, 15) is 4.39 Å². The third-order valence-corrected chi connectivity index (χ3v) is 5.46. The molecule has 0 spiro atoms. The maximum atomic E-state index is 13.4. The minimum absolute atomic E-state index is 0.244. The van der Waals surface area contributed by atoms with Crippen molar-refractivity contribution >= 4 is 28.6 Å². The first-order chi connectivity index (χ1) is 13.7. The quantitative estimate of drug-likeness (QED) is 0.405. The summed E-state index contributed by atoms with van der Waals surface area (Å²) in [5, 5.41) is 2.79. The van der Waals surface area contributed by atoms with E-state index in [0.29, 0.717) is 0 Å². The Hall–Kier alpha value is -2.76. The molecule has 0 amide bonds. The Morgan fingerprint density at radius 2 is 1.82 bits per heavy atom. The Kier molecular flexibility index (Phi) is 5.65. The number of hydrogen-bond acceptors (Lipinski definition) is 3. The molecule has 140 valence electrons. The van der Waals surface area contributed by atoms with Crippen LogP contribution < -0.4 is 4.80 Å². The number of aryl methyl sites for hydroxylation is 1. The molecule has 0 radical (unpaired) electrons. The summed E-state index contributed by atoms with van der Waals surface area (Å²) in [6.07, 6.45) is 4.30. The molecule has 0 atom stereocenters. The molecule has 0 unspecified atom stereocenters. The first kappa shape index (κ1) is 18.6. The van der Waals surface area contributed by atoms with E-state index in [1.807, 2.05) is 36.4 Å². The van der Waals surface area contributed by atoms with Crippen molar-refractivity contribution in [3.05, 3.63) is 99.6 Å². The van der Waals surface area contributed by atoms with E-state index in [-0.39, 0.29) is 5.82 Å². The SMILES string of the molecule is Fc1ccc(-c2csc(=Nc3cccnc3)n2CCc2ccc(Cl)cc2)cc1. The monoisotopic (exact) mass is 409 g/mol. The molecule has 6 heteroatoms. The van der Waals surface area contributed by atoms with E-state index in [1.54, 1.807) is 35.9 Å². The lowest BCUT2D eigenvalue weighted by molar-refractivity contribution is 0.627. The maximum absolute atomic E-state index is 13.4. The number of aromatic nitrogens is 2. The second kappa shape index (κ2) is 8.50. The first-order valence-corrected chi connectivity index (χ1v) is 10.1. The minimum Gasteiger partial charge on any atom is -0.316 e. The minimum atomic E-state index is -0.244. The molecular formula is C22H17ClFN3S. The van der Waals surface area contributed by atoms with Crippen molar-refractivity contribution in [2.24, 2.45) is 4.99 Å². The standard InChI is InChI=1S/C22H17ClFN3S/c23-18-7-3-16(4-8-18)11-13-27-21(17-5-9-19(24)10-6-17)15-28-22(27)26-20-2-1-12-25-14-20/h1-10,12,14-15H,11,13H2. The van der Waals surface area contributed by atoms with Gasteiger partial charge in [0.15, 0.2) is 4.80 Å². The van der Waals surface area contributed by atoms with Gasteiger partial charge < -0.3 is 4.57 Å². The summed E-state index contributed by atoms with van der Waals surface area (Å²) >= 11 is 7.55. The second-order valence-electron chi connectivity index (χ2n) is 6.26. The van der Waals surface area contributed by atoms with Crippen LogP contribution in [0.15, 0.2) is 83.4 Å². The van der Waals surface area contributed by atoms with E-state index in [0.717, 1.165) is 39.7 Å². The lowest BCUT2D eigenvalue weighted by Gasteiger charge is -2.10. The fourth-order valence-corrected chi connectivity index (χ4v) is 3.99. The van der Waals surface area contributed by atoms with Gasteiger partial charge in [-0.25, -0.2) is 9.38 Å². The van der Waals surface area contributed by atoms with E-state index in [2.05, 4.69) is 14.9 Å². The number of thiazole rings is 1. The molecule has 0 N–H and O–H groups in total. The maximum Gasteiger partial charge on any atom is 0.190 e. The summed E-state index contributed by atoms with van der Waals surface area (Å²) < 4.78 is 15.5. The molecule has 2 heterocycles. The number of pyridine rings is 1. The molecule has 28 heavy (non-hydrogen) atoms. The summed E-state index contributed by atoms with van der Waals surface area (Å²) in [4.78, 5) is 9.77. The molecule has 0 aliphatic carbocycles. The first-order valence-electron chi connectivity index (χ1n) is 8.82. The number of nitrogens with zero attached hydrogens (tertiary/aromatic N) is 3. The smallest absolute Gasteiger partial charge is 0.190 e. The van der Waals surface area contributed by atoms with Crippen molar-refractivity contribution in [3.8, 4) is 11.3 Å². The average Bonchev–Trinajstić information content (AvgIpc) is 3.11. The molecule has 0 saturated heterocycles. The van der Waals surface area contributed by atoms with Crippen LogP contribution in [0.3, 0.4) is 0 Å². The van der Waals surface area contributed by atoms with Gasteiger partial charge in [0.25, 0.3) is 0 Å². The third-order valence-electron chi connectivity index (χ3n) is 4.35. The van der Waals surface area contributed by atoms with Crippen molar-refractivity contribution in [1.82, 2.24) is 9.55 Å². The van der Waals surface area contributed by atoms with Gasteiger partial charge in [0.2, 0.25) is 0 Å². The van der Waals surface area contributed by atoms with Crippen molar-refractivity contribution in [2.45, 2.75) is 13.0 Å². The number of rotatable bonds is 5. The van der Waals surface area contributed by atoms with Gasteiger partial charge in [0, 0.05) is 23.1 Å². The highest BCUT2D eigenvalue weighted by Gasteiger charge is 2.09. The molecule has 0 aliphatic rings. The zero-order valence-electron chi connectivity index (χ0n) is 14.9. The molecule has 2 aromatic heterocycles. The van der Waals surface area contributed by atoms with Gasteiger partial charge in [0.05, 0.1) is 17.6 Å². The molecule has 2 aromatic carbocycles. The Morgan fingerprint density at radius 1 is 1.04 bits per heavy atom. The van der Waals surface area contributed by atoms with E-state index in [1.165, 1.54) is 17.7 Å². The number of halogens is 2. The van der Waals surface area contributed by atoms with Gasteiger partial charge in [0.1, 0.15) is 5.82 Å². The molecule has 3 nitrogen and oxygen atoms in total. The Morgan fingerprint density at radius 3 is 2.54 bits per heavy atom. The fraction of sp³-hybridized carbons (Fsp3) is 0.0909. The fourth-order valence-electron chi connectivity index (χ4n) is 2.91. The van der Waals surface area contributed by atoms with Gasteiger partial charge >= 0.3 is 0 Å². The van der Waals surface area contributed by atoms with E-state index in [4.69, 9.17) is 16.6 Å². The summed E-state index contributed by atoms with van der Waals surface area (Å²) in [6, 6.07) is 18.2. The lowest BCUT2D eigenvalue weighted by atomic mass is 10.1. The van der Waals surface area contributed by atoms with E-state index < -0.39 is 0 Å².